The lowest BCUT2D eigenvalue weighted by atomic mass is 9.90. The third-order valence-electron chi connectivity index (χ3n) is 3.77. The Bertz CT molecular complexity index is 454. The molecule has 0 saturated carbocycles. The quantitative estimate of drug-likeness (QED) is 0.782. The maximum absolute atomic E-state index is 12.1. The lowest BCUT2D eigenvalue weighted by molar-refractivity contribution is 0.172. The van der Waals surface area contributed by atoms with Crippen molar-refractivity contribution in [2.45, 2.75) is 26.2 Å². The number of nitrogens with zero attached hydrogens (tertiary/aromatic N) is 3. The second-order valence-electron chi connectivity index (χ2n) is 4.95. The molecule has 4 nitrogen and oxygen atoms in total. The molecule has 0 aromatic carbocycles. The monoisotopic (exact) mass is 259 g/mol. The van der Waals surface area contributed by atoms with Crippen molar-refractivity contribution >= 4 is 6.03 Å². The molecule has 1 aromatic heterocycles. The van der Waals surface area contributed by atoms with Crippen molar-refractivity contribution in [3.05, 3.63) is 43.0 Å². The molecule has 1 aliphatic heterocycles. The minimum atomic E-state index is 0.0333. The van der Waals surface area contributed by atoms with Crippen LogP contribution in [0.4, 0.5) is 4.79 Å². The highest BCUT2D eigenvalue weighted by atomic mass is 16.2. The molecule has 4 heteroatoms. The second kappa shape index (κ2) is 6.36. The number of allylic oxidation sites excluding steroid dienone is 3. The molecule has 2 heterocycles. The average molecular weight is 259 g/mol. The van der Waals surface area contributed by atoms with Gasteiger partial charge in [-0.05, 0) is 32.1 Å². The Kier molecular flexibility index (Phi) is 4.55. The van der Waals surface area contributed by atoms with Gasteiger partial charge >= 0.3 is 6.03 Å². The van der Waals surface area contributed by atoms with E-state index in [1.54, 1.807) is 23.3 Å². The van der Waals surface area contributed by atoms with Crippen LogP contribution < -0.4 is 0 Å². The lowest BCUT2D eigenvalue weighted by Crippen LogP contribution is -2.40. The van der Waals surface area contributed by atoms with Crippen molar-refractivity contribution in [3.8, 4) is 0 Å². The number of imidazole rings is 1. The van der Waals surface area contributed by atoms with E-state index >= 15 is 0 Å². The topological polar surface area (TPSA) is 38.1 Å². The fourth-order valence-corrected chi connectivity index (χ4v) is 2.52. The fourth-order valence-electron chi connectivity index (χ4n) is 2.52. The van der Waals surface area contributed by atoms with Gasteiger partial charge in [-0.25, -0.2) is 9.78 Å². The van der Waals surface area contributed by atoms with Crippen molar-refractivity contribution in [1.82, 2.24) is 14.5 Å². The smallest absolute Gasteiger partial charge is 0.324 e. The Hall–Kier alpha value is -1.84. The standard InChI is InChI=1S/C15H21N3O/c1-3-13(4-2)11-14-5-8-17(9-6-14)15(19)18-10-7-16-12-18/h3-4,7,10,12,14H,1,5-6,8-9,11H2,2H3/b13-4+. The zero-order chi connectivity index (χ0) is 13.7. The average Bonchev–Trinajstić information content (AvgIpc) is 2.99. The minimum absolute atomic E-state index is 0.0333. The predicted octanol–water partition coefficient (Wildman–Crippen LogP) is 3.09. The summed E-state index contributed by atoms with van der Waals surface area (Å²) in [6.07, 6.45) is 12.1. The maximum Gasteiger partial charge on any atom is 0.329 e. The van der Waals surface area contributed by atoms with Gasteiger partial charge in [0, 0.05) is 25.5 Å². The van der Waals surface area contributed by atoms with Gasteiger partial charge in [0.05, 0.1) is 0 Å². The Morgan fingerprint density at radius 2 is 2.21 bits per heavy atom. The molecule has 0 aliphatic carbocycles. The van der Waals surface area contributed by atoms with Crippen molar-refractivity contribution in [1.29, 1.82) is 0 Å². The summed E-state index contributed by atoms with van der Waals surface area (Å²) >= 11 is 0. The van der Waals surface area contributed by atoms with E-state index in [1.807, 2.05) is 11.0 Å². The molecule has 1 aliphatic rings. The van der Waals surface area contributed by atoms with Gasteiger partial charge < -0.3 is 4.90 Å². The first-order valence-corrected chi connectivity index (χ1v) is 6.79. The third kappa shape index (κ3) is 3.34. The Balaban J connectivity index is 1.86. The molecule has 1 aromatic rings. The van der Waals surface area contributed by atoms with Crippen LogP contribution in [0.1, 0.15) is 26.2 Å². The van der Waals surface area contributed by atoms with E-state index in [-0.39, 0.29) is 6.03 Å². The molecule has 0 radical (unpaired) electrons. The molecule has 1 fully saturated rings. The SMILES string of the molecule is C=C/C(=C\C)CC1CCN(C(=O)n2ccnc2)CC1. The summed E-state index contributed by atoms with van der Waals surface area (Å²) in [7, 11) is 0. The van der Waals surface area contributed by atoms with E-state index in [0.717, 1.165) is 32.4 Å². The van der Waals surface area contributed by atoms with E-state index in [1.165, 1.54) is 5.57 Å². The first kappa shape index (κ1) is 13.6. The summed E-state index contributed by atoms with van der Waals surface area (Å²) in [5, 5.41) is 0. The highest BCUT2D eigenvalue weighted by Crippen LogP contribution is 2.24. The number of carbonyl (C=O) groups is 1. The molecular formula is C15H21N3O. The van der Waals surface area contributed by atoms with Gasteiger partial charge in [-0.2, -0.15) is 0 Å². The first-order valence-electron chi connectivity index (χ1n) is 6.79. The number of amides is 1. The van der Waals surface area contributed by atoms with Crippen LogP contribution in [0, 0.1) is 5.92 Å². The zero-order valence-electron chi connectivity index (χ0n) is 11.5. The van der Waals surface area contributed by atoms with Gasteiger partial charge in [0.25, 0.3) is 0 Å². The van der Waals surface area contributed by atoms with Crippen LogP contribution in [0.15, 0.2) is 43.0 Å². The minimum Gasteiger partial charge on any atom is -0.324 e. The number of aromatic nitrogens is 2. The summed E-state index contributed by atoms with van der Waals surface area (Å²) in [4.78, 5) is 17.9. The van der Waals surface area contributed by atoms with Crippen molar-refractivity contribution in [3.63, 3.8) is 0 Å². The second-order valence-corrected chi connectivity index (χ2v) is 4.95. The van der Waals surface area contributed by atoms with E-state index < -0.39 is 0 Å². The largest absolute Gasteiger partial charge is 0.329 e. The third-order valence-corrected chi connectivity index (χ3v) is 3.77. The number of piperidine rings is 1. The van der Waals surface area contributed by atoms with Crippen LogP contribution in [0.2, 0.25) is 0 Å². The molecule has 0 atom stereocenters. The number of rotatable bonds is 3. The Morgan fingerprint density at radius 3 is 2.74 bits per heavy atom. The molecule has 2 rings (SSSR count). The summed E-state index contributed by atoms with van der Waals surface area (Å²) < 4.78 is 1.54. The van der Waals surface area contributed by atoms with E-state index in [0.29, 0.717) is 5.92 Å². The number of hydrogen-bond donors (Lipinski definition) is 0. The van der Waals surface area contributed by atoms with Crippen LogP contribution >= 0.6 is 0 Å². The van der Waals surface area contributed by atoms with E-state index in [2.05, 4.69) is 24.6 Å². The van der Waals surface area contributed by atoms with Gasteiger partial charge in [0.2, 0.25) is 0 Å². The predicted molar refractivity (Wildman–Crippen MR) is 75.9 cm³/mol. The summed E-state index contributed by atoms with van der Waals surface area (Å²) in [5.74, 6) is 0.663. The lowest BCUT2D eigenvalue weighted by Gasteiger charge is -2.32. The summed E-state index contributed by atoms with van der Waals surface area (Å²) in [6.45, 7) is 7.54. The molecule has 0 N–H and O–H groups in total. The van der Waals surface area contributed by atoms with Gasteiger partial charge in [0.1, 0.15) is 6.33 Å². The van der Waals surface area contributed by atoms with Gasteiger partial charge in [-0.1, -0.05) is 24.3 Å². The summed E-state index contributed by atoms with van der Waals surface area (Å²) in [6, 6.07) is 0.0333. The van der Waals surface area contributed by atoms with Crippen molar-refractivity contribution in [2.75, 3.05) is 13.1 Å². The van der Waals surface area contributed by atoms with E-state index in [4.69, 9.17) is 0 Å². The van der Waals surface area contributed by atoms with E-state index in [9.17, 15) is 4.79 Å². The normalized spacial score (nSPS) is 17.5. The van der Waals surface area contributed by atoms with Crippen LogP contribution in [-0.4, -0.2) is 33.6 Å². The van der Waals surface area contributed by atoms with Crippen LogP contribution in [0.5, 0.6) is 0 Å². The number of likely N-dealkylation sites (tertiary alicyclic amines) is 1. The fraction of sp³-hybridized carbons (Fsp3) is 0.467. The molecule has 102 valence electrons. The highest BCUT2D eigenvalue weighted by Gasteiger charge is 2.23. The van der Waals surface area contributed by atoms with Gasteiger partial charge in [-0.3, -0.25) is 4.57 Å². The number of hydrogen-bond acceptors (Lipinski definition) is 2. The number of carbonyl (C=O) groups excluding carboxylic acids is 1. The summed E-state index contributed by atoms with van der Waals surface area (Å²) in [5.41, 5.74) is 1.30. The molecule has 0 unspecified atom stereocenters. The van der Waals surface area contributed by atoms with Crippen molar-refractivity contribution < 1.29 is 4.79 Å². The zero-order valence-corrected chi connectivity index (χ0v) is 11.5. The Labute approximate surface area is 114 Å². The highest BCUT2D eigenvalue weighted by molar-refractivity contribution is 5.76. The first-order chi connectivity index (χ1) is 9.24. The molecular weight excluding hydrogens is 238 g/mol. The molecule has 1 amide bonds. The Morgan fingerprint density at radius 1 is 1.47 bits per heavy atom. The molecule has 0 spiro atoms. The van der Waals surface area contributed by atoms with Gasteiger partial charge in [-0.15, -0.1) is 0 Å². The molecule has 19 heavy (non-hydrogen) atoms. The van der Waals surface area contributed by atoms with Crippen LogP contribution in [0.25, 0.3) is 0 Å². The molecule has 1 saturated heterocycles. The van der Waals surface area contributed by atoms with Gasteiger partial charge in [0.15, 0.2) is 0 Å². The van der Waals surface area contributed by atoms with Crippen molar-refractivity contribution in [2.24, 2.45) is 5.92 Å². The molecule has 0 bridgehead atoms. The van der Waals surface area contributed by atoms with Crippen LogP contribution in [0.3, 0.4) is 0 Å². The van der Waals surface area contributed by atoms with Crippen LogP contribution in [-0.2, 0) is 0 Å². The maximum atomic E-state index is 12.1.